The van der Waals surface area contributed by atoms with Gasteiger partial charge in [-0.1, -0.05) is 6.92 Å². The highest BCUT2D eigenvalue weighted by molar-refractivity contribution is 5.81. The van der Waals surface area contributed by atoms with Gasteiger partial charge in [0.15, 0.2) is 0 Å². The number of nitrogens with zero attached hydrogens (tertiary/aromatic N) is 1. The van der Waals surface area contributed by atoms with Gasteiger partial charge in [0.1, 0.15) is 6.54 Å². The number of carbonyl (C=O) groups excluding carboxylic acids is 1. The minimum atomic E-state index is -0.956. The van der Waals surface area contributed by atoms with Crippen molar-refractivity contribution in [2.75, 3.05) is 20.1 Å². The smallest absolute Gasteiger partial charge is 0.323 e. The Morgan fingerprint density at radius 2 is 2.06 bits per heavy atom. The molecule has 16 heavy (non-hydrogen) atoms. The molecule has 1 atom stereocenters. The number of carboxylic acids is 1. The van der Waals surface area contributed by atoms with Crippen molar-refractivity contribution < 1.29 is 14.7 Å². The molecular weight excluding hydrogens is 208 g/mol. The Labute approximate surface area is 96.8 Å². The van der Waals surface area contributed by atoms with E-state index in [0.717, 1.165) is 19.4 Å². The third-order valence-electron chi connectivity index (χ3n) is 2.57. The van der Waals surface area contributed by atoms with Crippen LogP contribution in [0, 0.1) is 0 Å². The van der Waals surface area contributed by atoms with E-state index in [1.54, 1.807) is 0 Å². The fourth-order valence-corrected chi connectivity index (χ4v) is 1.42. The van der Waals surface area contributed by atoms with Crippen molar-refractivity contribution in [1.29, 1.82) is 0 Å². The average Bonchev–Trinajstić information content (AvgIpc) is 2.24. The Morgan fingerprint density at radius 3 is 2.50 bits per heavy atom. The summed E-state index contributed by atoms with van der Waals surface area (Å²) in [5.74, 6) is -1.03. The number of hydrogen-bond donors (Lipinski definition) is 2. The van der Waals surface area contributed by atoms with Gasteiger partial charge < -0.3 is 15.3 Å². The van der Waals surface area contributed by atoms with Crippen molar-refractivity contribution in [3.05, 3.63) is 0 Å². The molecule has 0 aromatic heterocycles. The van der Waals surface area contributed by atoms with E-state index in [1.165, 1.54) is 4.90 Å². The van der Waals surface area contributed by atoms with Gasteiger partial charge >= 0.3 is 5.97 Å². The number of rotatable bonds is 8. The molecule has 0 aromatic rings. The summed E-state index contributed by atoms with van der Waals surface area (Å²) in [7, 11) is 1.83. The van der Waals surface area contributed by atoms with Crippen LogP contribution < -0.4 is 5.32 Å². The van der Waals surface area contributed by atoms with Crippen LogP contribution in [0.2, 0.25) is 0 Å². The number of carbonyl (C=O) groups is 2. The Balaban J connectivity index is 4.26. The van der Waals surface area contributed by atoms with Gasteiger partial charge in [0, 0.05) is 12.5 Å². The van der Waals surface area contributed by atoms with Crippen LogP contribution >= 0.6 is 0 Å². The fraction of sp³-hybridized carbons (Fsp3) is 0.818. The molecule has 1 unspecified atom stereocenters. The maximum absolute atomic E-state index is 11.8. The molecule has 0 bridgehead atoms. The van der Waals surface area contributed by atoms with Crippen molar-refractivity contribution in [1.82, 2.24) is 10.2 Å². The van der Waals surface area contributed by atoms with Crippen molar-refractivity contribution in [3.8, 4) is 0 Å². The Kier molecular flexibility index (Phi) is 7.54. The summed E-state index contributed by atoms with van der Waals surface area (Å²) in [5.41, 5.74) is 0. The third kappa shape index (κ3) is 5.70. The molecule has 5 nitrogen and oxygen atoms in total. The second kappa shape index (κ2) is 8.10. The topological polar surface area (TPSA) is 69.6 Å². The van der Waals surface area contributed by atoms with E-state index in [2.05, 4.69) is 5.32 Å². The highest BCUT2D eigenvalue weighted by Crippen LogP contribution is 2.06. The van der Waals surface area contributed by atoms with Gasteiger partial charge in [0.25, 0.3) is 0 Å². The van der Waals surface area contributed by atoms with Crippen LogP contribution in [0.15, 0.2) is 0 Å². The molecule has 1 amide bonds. The number of nitrogens with one attached hydrogen (secondary N) is 1. The lowest BCUT2D eigenvalue weighted by atomic mass is 10.2. The first kappa shape index (κ1) is 14.9. The predicted molar refractivity (Wildman–Crippen MR) is 62.3 cm³/mol. The fourth-order valence-electron chi connectivity index (χ4n) is 1.42. The largest absolute Gasteiger partial charge is 0.480 e. The zero-order chi connectivity index (χ0) is 12.6. The zero-order valence-corrected chi connectivity index (χ0v) is 10.3. The van der Waals surface area contributed by atoms with Gasteiger partial charge in [-0.05, 0) is 33.4 Å². The van der Waals surface area contributed by atoms with Gasteiger partial charge in [-0.25, -0.2) is 0 Å². The second-order valence-electron chi connectivity index (χ2n) is 3.88. The lowest BCUT2D eigenvalue weighted by Crippen LogP contribution is -2.41. The third-order valence-corrected chi connectivity index (χ3v) is 2.57. The number of aliphatic carboxylic acids is 1. The van der Waals surface area contributed by atoms with Gasteiger partial charge in [-0.3, -0.25) is 9.59 Å². The van der Waals surface area contributed by atoms with E-state index in [9.17, 15) is 9.59 Å². The molecule has 2 N–H and O–H groups in total. The van der Waals surface area contributed by atoms with E-state index < -0.39 is 5.97 Å². The highest BCUT2D eigenvalue weighted by atomic mass is 16.4. The van der Waals surface area contributed by atoms with Crippen molar-refractivity contribution in [3.63, 3.8) is 0 Å². The molecule has 0 aliphatic heterocycles. The Morgan fingerprint density at radius 1 is 1.44 bits per heavy atom. The lowest BCUT2D eigenvalue weighted by Gasteiger charge is -2.27. The number of amides is 1. The number of hydrogen-bond acceptors (Lipinski definition) is 3. The van der Waals surface area contributed by atoms with Crippen LogP contribution in [-0.4, -0.2) is 48.1 Å². The Bertz CT molecular complexity index is 231. The van der Waals surface area contributed by atoms with Crippen LogP contribution in [0.4, 0.5) is 0 Å². The first-order valence-corrected chi connectivity index (χ1v) is 5.68. The molecule has 94 valence electrons. The summed E-state index contributed by atoms with van der Waals surface area (Å²) in [6.07, 6.45) is 1.91. The summed E-state index contributed by atoms with van der Waals surface area (Å²) >= 11 is 0. The molecular formula is C11H22N2O3. The molecule has 0 radical (unpaired) electrons. The number of carboxylic acid groups (broad SMARTS) is 1. The van der Waals surface area contributed by atoms with Crippen molar-refractivity contribution >= 4 is 11.9 Å². The van der Waals surface area contributed by atoms with Crippen LogP contribution in [0.3, 0.4) is 0 Å². The average molecular weight is 230 g/mol. The van der Waals surface area contributed by atoms with Gasteiger partial charge in [-0.15, -0.1) is 0 Å². The van der Waals surface area contributed by atoms with E-state index in [1.807, 2.05) is 20.9 Å². The van der Waals surface area contributed by atoms with E-state index >= 15 is 0 Å². The minimum Gasteiger partial charge on any atom is -0.480 e. The quantitative estimate of drug-likeness (QED) is 0.602. The molecule has 0 spiro atoms. The maximum Gasteiger partial charge on any atom is 0.323 e. The van der Waals surface area contributed by atoms with Crippen molar-refractivity contribution in [2.24, 2.45) is 0 Å². The van der Waals surface area contributed by atoms with Crippen molar-refractivity contribution in [2.45, 2.75) is 39.2 Å². The predicted octanol–water partition coefficient (Wildman–Crippen LogP) is 0.698. The standard InChI is InChI=1S/C11H22N2O3/c1-4-9(2)13(8-11(15)16)10(14)6-5-7-12-3/h9,12H,4-8H2,1-3H3,(H,15,16). The minimum absolute atomic E-state index is 0.0156. The molecule has 5 heteroatoms. The molecule has 0 saturated heterocycles. The van der Waals surface area contributed by atoms with Crippen LogP contribution in [0.25, 0.3) is 0 Å². The summed E-state index contributed by atoms with van der Waals surface area (Å²) in [6.45, 7) is 4.39. The second-order valence-corrected chi connectivity index (χ2v) is 3.88. The molecule has 0 aliphatic carbocycles. The molecule has 0 aliphatic rings. The van der Waals surface area contributed by atoms with Gasteiger partial charge in [0.2, 0.25) is 5.91 Å². The summed E-state index contributed by atoms with van der Waals surface area (Å²) in [4.78, 5) is 23.9. The van der Waals surface area contributed by atoms with E-state index in [-0.39, 0.29) is 18.5 Å². The van der Waals surface area contributed by atoms with Crippen LogP contribution in [0.1, 0.15) is 33.1 Å². The molecule has 0 saturated carbocycles. The summed E-state index contributed by atoms with van der Waals surface area (Å²) in [6, 6.07) is -0.0156. The first-order chi connectivity index (χ1) is 7.52. The first-order valence-electron chi connectivity index (χ1n) is 5.68. The van der Waals surface area contributed by atoms with Gasteiger partial charge in [-0.2, -0.15) is 0 Å². The zero-order valence-electron chi connectivity index (χ0n) is 10.3. The monoisotopic (exact) mass is 230 g/mol. The normalized spacial score (nSPS) is 12.2. The maximum atomic E-state index is 11.8. The highest BCUT2D eigenvalue weighted by Gasteiger charge is 2.20. The molecule has 0 fully saturated rings. The summed E-state index contributed by atoms with van der Waals surface area (Å²) < 4.78 is 0. The SMILES string of the molecule is CCC(C)N(CC(=O)O)C(=O)CCCNC. The van der Waals surface area contributed by atoms with E-state index in [0.29, 0.717) is 6.42 Å². The Hall–Kier alpha value is -1.10. The molecule has 0 aromatic carbocycles. The summed E-state index contributed by atoms with van der Waals surface area (Å²) in [5, 5.41) is 11.7. The van der Waals surface area contributed by atoms with E-state index in [4.69, 9.17) is 5.11 Å². The van der Waals surface area contributed by atoms with Gasteiger partial charge in [0.05, 0.1) is 0 Å². The molecule has 0 heterocycles. The molecule has 0 rings (SSSR count). The lowest BCUT2D eigenvalue weighted by molar-refractivity contribution is -0.146. The van der Waals surface area contributed by atoms with Crippen LogP contribution in [-0.2, 0) is 9.59 Å². The van der Waals surface area contributed by atoms with Crippen LogP contribution in [0.5, 0.6) is 0 Å².